The second kappa shape index (κ2) is 15.8. The SMILES string of the molecule is Cc1c(-c2[nH]c3ncnn3c(=O)c2C(C)Cc2cc(-c3[nH]c4ncnn4c(=O)c3C(C)C)ccc2CO)c(CCC(C)c2c(C3=CCC(C)(C)CC3)[nH]c3ncnn3c2=O)nn1C. The van der Waals surface area contributed by atoms with Crippen LogP contribution in [0.4, 0.5) is 0 Å². The van der Waals surface area contributed by atoms with Gasteiger partial charge in [-0.1, -0.05) is 59.8 Å². The minimum absolute atomic E-state index is 0.130. The van der Waals surface area contributed by atoms with E-state index in [1.54, 1.807) is 0 Å². The monoisotopic (exact) mass is 852 g/mol. The quantitative estimate of drug-likeness (QED) is 0.119. The lowest BCUT2D eigenvalue weighted by Gasteiger charge is -2.29. The summed E-state index contributed by atoms with van der Waals surface area (Å²) in [6.07, 6.45) is 10.5. The summed E-state index contributed by atoms with van der Waals surface area (Å²) >= 11 is 0. The van der Waals surface area contributed by atoms with E-state index in [1.165, 1.54) is 32.5 Å². The molecule has 0 saturated heterocycles. The van der Waals surface area contributed by atoms with E-state index in [0.717, 1.165) is 58.6 Å². The molecular formula is C45H52N14O4. The third kappa shape index (κ3) is 7.20. The zero-order valence-corrected chi connectivity index (χ0v) is 36.8. The summed E-state index contributed by atoms with van der Waals surface area (Å²) in [5, 5.41) is 28.2. The van der Waals surface area contributed by atoms with Crippen LogP contribution >= 0.6 is 0 Å². The molecule has 4 N–H and O–H groups in total. The van der Waals surface area contributed by atoms with Gasteiger partial charge in [-0.05, 0) is 96.9 Å². The minimum atomic E-state index is -0.406. The molecule has 0 saturated carbocycles. The van der Waals surface area contributed by atoms with E-state index in [2.05, 4.69) is 72.0 Å². The summed E-state index contributed by atoms with van der Waals surface area (Å²) < 4.78 is 5.69. The van der Waals surface area contributed by atoms with Crippen molar-refractivity contribution in [3.63, 3.8) is 0 Å². The van der Waals surface area contributed by atoms with Crippen molar-refractivity contribution in [3.8, 4) is 22.5 Å². The maximum absolute atomic E-state index is 14.6. The molecule has 2 atom stereocenters. The van der Waals surface area contributed by atoms with Gasteiger partial charge in [-0.15, -0.1) is 0 Å². The molecule has 63 heavy (non-hydrogen) atoms. The number of nitrogens with zero attached hydrogens (tertiary/aromatic N) is 11. The summed E-state index contributed by atoms with van der Waals surface area (Å²) in [5.41, 5.74) is 8.90. The number of nitrogens with one attached hydrogen (secondary N) is 3. The second-order valence-electron chi connectivity index (χ2n) is 18.1. The first-order valence-electron chi connectivity index (χ1n) is 21.5. The first kappa shape index (κ1) is 41.5. The minimum Gasteiger partial charge on any atom is -0.392 e. The highest BCUT2D eigenvalue weighted by molar-refractivity contribution is 5.71. The Morgan fingerprint density at radius 1 is 0.762 bits per heavy atom. The van der Waals surface area contributed by atoms with Crippen LogP contribution in [-0.4, -0.2) is 73.6 Å². The van der Waals surface area contributed by atoms with Gasteiger partial charge in [0.1, 0.15) is 19.0 Å². The fourth-order valence-corrected chi connectivity index (χ4v) is 9.29. The molecule has 1 aliphatic rings. The lowest BCUT2D eigenvalue weighted by Crippen LogP contribution is -2.26. The predicted octanol–water partition coefficient (Wildman–Crippen LogP) is 5.55. The molecule has 8 aromatic rings. The number of rotatable bonds is 12. The first-order chi connectivity index (χ1) is 30.1. The van der Waals surface area contributed by atoms with Crippen LogP contribution in [0.5, 0.6) is 0 Å². The number of aliphatic hydroxyl groups excluding tert-OH is 1. The second-order valence-corrected chi connectivity index (χ2v) is 18.1. The molecule has 1 aromatic carbocycles. The molecule has 0 radical (unpaired) electrons. The van der Waals surface area contributed by atoms with Gasteiger partial charge in [-0.3, -0.25) is 19.1 Å². The van der Waals surface area contributed by atoms with Crippen LogP contribution in [0.1, 0.15) is 130 Å². The molecule has 9 rings (SSSR count). The molecule has 0 bridgehead atoms. The number of hydrogen-bond acceptors (Lipinski definition) is 11. The number of fused-ring (bicyclic) bond motifs is 3. The van der Waals surface area contributed by atoms with E-state index in [1.807, 2.05) is 57.6 Å². The average Bonchev–Trinajstić information content (AvgIpc) is 4.07. The van der Waals surface area contributed by atoms with Crippen molar-refractivity contribution in [2.45, 2.75) is 111 Å². The maximum atomic E-state index is 14.6. The van der Waals surface area contributed by atoms with Crippen LogP contribution in [0.3, 0.4) is 0 Å². The Balaban J connectivity index is 1.10. The topological polar surface area (TPSA) is 227 Å². The zero-order chi connectivity index (χ0) is 44.5. The number of allylic oxidation sites excluding steroid dienone is 2. The Kier molecular flexibility index (Phi) is 10.4. The molecule has 0 fully saturated rings. The highest BCUT2D eigenvalue weighted by atomic mass is 16.3. The van der Waals surface area contributed by atoms with Crippen LogP contribution in [0.2, 0.25) is 0 Å². The number of aromatic nitrogens is 14. The molecule has 18 nitrogen and oxygen atoms in total. The normalized spacial score (nSPS) is 15.2. The fourth-order valence-electron chi connectivity index (χ4n) is 9.29. The van der Waals surface area contributed by atoms with Crippen LogP contribution in [0.15, 0.2) is 57.6 Å². The van der Waals surface area contributed by atoms with Gasteiger partial charge in [-0.2, -0.15) is 48.9 Å². The van der Waals surface area contributed by atoms with E-state index in [9.17, 15) is 19.5 Å². The lowest BCUT2D eigenvalue weighted by molar-refractivity contribution is 0.280. The third-order valence-electron chi connectivity index (χ3n) is 12.9. The van der Waals surface area contributed by atoms with Gasteiger partial charge in [0.15, 0.2) is 0 Å². The molecule has 1 aliphatic carbocycles. The number of H-pyrrole nitrogens is 3. The van der Waals surface area contributed by atoms with Gasteiger partial charge in [-0.25, -0.2) is 0 Å². The Bertz CT molecular complexity index is 3280. The summed E-state index contributed by atoms with van der Waals surface area (Å²) in [6.45, 7) is 14.2. The van der Waals surface area contributed by atoms with Crippen molar-refractivity contribution in [2.75, 3.05) is 0 Å². The smallest absolute Gasteiger partial charge is 0.279 e. The van der Waals surface area contributed by atoms with Gasteiger partial charge < -0.3 is 20.1 Å². The van der Waals surface area contributed by atoms with Crippen molar-refractivity contribution in [1.29, 1.82) is 0 Å². The molecule has 7 aromatic heterocycles. The summed E-state index contributed by atoms with van der Waals surface area (Å²) in [6, 6.07) is 5.70. The number of aliphatic hydroxyl groups is 1. The number of aromatic amines is 3. The Morgan fingerprint density at radius 2 is 1.33 bits per heavy atom. The molecule has 0 amide bonds. The molecule has 18 heteroatoms. The molecule has 2 unspecified atom stereocenters. The molecule has 0 spiro atoms. The number of hydrogen-bond donors (Lipinski definition) is 4. The standard InChI is InChI=1S/C45H52N14O4/c1-23(2)32-37(53-43-47-20-49-57(43)39(32)61)28-10-11-29(19-60)30(18-28)17-25(4)34-38(54-44-48-22-51-59(44)41(34)63)35-26(5)56(8)55-31(35)12-9-24(3)33-36(27-13-15-45(6,7)16-14-27)52-42-46-21-50-58(42)40(33)62/h10-11,13,18,20-25,60H,9,12,14-17,19H2,1-8H3,(H,46,50,52)(H,47,49,53)(H,48,51,54). The van der Waals surface area contributed by atoms with Crippen LogP contribution in [0.25, 0.3) is 45.4 Å². The van der Waals surface area contributed by atoms with Crippen LogP contribution < -0.4 is 16.7 Å². The molecule has 326 valence electrons. The summed E-state index contributed by atoms with van der Waals surface area (Å²) in [7, 11) is 1.88. The van der Waals surface area contributed by atoms with Gasteiger partial charge in [0.25, 0.3) is 16.7 Å². The molecule has 0 aliphatic heterocycles. The highest BCUT2D eigenvalue weighted by Crippen LogP contribution is 2.40. The van der Waals surface area contributed by atoms with E-state index in [4.69, 9.17) is 5.10 Å². The zero-order valence-electron chi connectivity index (χ0n) is 36.8. The van der Waals surface area contributed by atoms with Crippen LogP contribution in [-0.2, 0) is 26.5 Å². The first-order valence-corrected chi connectivity index (χ1v) is 21.5. The highest BCUT2D eigenvalue weighted by Gasteiger charge is 2.30. The van der Waals surface area contributed by atoms with Crippen molar-refractivity contribution < 1.29 is 5.11 Å². The van der Waals surface area contributed by atoms with E-state index in [-0.39, 0.29) is 40.5 Å². The largest absolute Gasteiger partial charge is 0.392 e. The van der Waals surface area contributed by atoms with Crippen molar-refractivity contribution >= 4 is 22.9 Å². The summed E-state index contributed by atoms with van der Waals surface area (Å²) in [4.78, 5) is 65.5. The van der Waals surface area contributed by atoms with E-state index >= 15 is 0 Å². The van der Waals surface area contributed by atoms with E-state index in [0.29, 0.717) is 70.2 Å². The van der Waals surface area contributed by atoms with Crippen molar-refractivity contribution in [2.24, 2.45) is 12.5 Å². The molecular weight excluding hydrogens is 801 g/mol. The Labute approximate surface area is 361 Å². The number of benzene rings is 1. The predicted molar refractivity (Wildman–Crippen MR) is 238 cm³/mol. The summed E-state index contributed by atoms with van der Waals surface area (Å²) in [5.74, 6) is 0.299. The van der Waals surface area contributed by atoms with Gasteiger partial charge in [0.2, 0.25) is 17.3 Å². The molecule has 7 heterocycles. The van der Waals surface area contributed by atoms with Gasteiger partial charge in [0, 0.05) is 35.0 Å². The van der Waals surface area contributed by atoms with Crippen molar-refractivity contribution in [1.82, 2.24) is 68.5 Å². The average molecular weight is 853 g/mol. The Hall–Kier alpha value is -6.82. The van der Waals surface area contributed by atoms with Gasteiger partial charge in [0.05, 0.1) is 29.4 Å². The van der Waals surface area contributed by atoms with Crippen LogP contribution in [0, 0.1) is 12.3 Å². The third-order valence-corrected chi connectivity index (χ3v) is 12.9. The fraction of sp³-hybridized carbons (Fsp3) is 0.422. The van der Waals surface area contributed by atoms with Gasteiger partial charge >= 0.3 is 0 Å². The number of aryl methyl sites for hydroxylation is 2. The Morgan fingerprint density at radius 3 is 1.90 bits per heavy atom. The van der Waals surface area contributed by atoms with Crippen molar-refractivity contribution in [3.05, 3.63) is 119 Å². The maximum Gasteiger partial charge on any atom is 0.279 e. The van der Waals surface area contributed by atoms with E-state index < -0.39 is 5.92 Å². The lowest BCUT2D eigenvalue weighted by atomic mass is 9.77.